The summed E-state index contributed by atoms with van der Waals surface area (Å²) in [5.74, 6) is 0. The van der Waals surface area contributed by atoms with E-state index in [-0.39, 0.29) is 12.6 Å². The Morgan fingerprint density at radius 1 is 1.22 bits per heavy atom. The Bertz CT molecular complexity index is 390. The summed E-state index contributed by atoms with van der Waals surface area (Å²) in [6.07, 6.45) is -3.97. The van der Waals surface area contributed by atoms with Crippen LogP contribution in [-0.2, 0) is 13.0 Å². The van der Waals surface area contributed by atoms with Gasteiger partial charge in [-0.3, -0.25) is 0 Å². The van der Waals surface area contributed by atoms with Crippen molar-refractivity contribution in [2.24, 2.45) is 0 Å². The minimum Gasteiger partial charge on any atom is -0.315 e. The molecule has 0 amide bonds. The van der Waals surface area contributed by atoms with Gasteiger partial charge < -0.3 is 10.6 Å². The molecule has 1 heterocycles. The fourth-order valence-electron chi connectivity index (χ4n) is 2.17. The summed E-state index contributed by atoms with van der Waals surface area (Å²) in [5, 5.41) is 6.19. The molecule has 0 aliphatic carbocycles. The van der Waals surface area contributed by atoms with Crippen LogP contribution in [-0.4, -0.2) is 25.3 Å². The van der Waals surface area contributed by atoms with Crippen LogP contribution in [0.4, 0.5) is 13.2 Å². The highest BCUT2D eigenvalue weighted by Gasteiger charge is 2.26. The standard InChI is InChI=1S/C13H17F3N2/c14-13(15,16)5-6-17-9-12-7-10-3-1-2-4-11(10)8-18-12/h1-4,12,17-18H,5-9H2/t12-/m1/s1. The predicted molar refractivity (Wildman–Crippen MR) is 64.3 cm³/mol. The minimum absolute atomic E-state index is 0.0106. The van der Waals surface area contributed by atoms with Crippen LogP contribution < -0.4 is 10.6 Å². The molecule has 1 aromatic rings. The van der Waals surface area contributed by atoms with Gasteiger partial charge in [0.05, 0.1) is 6.42 Å². The molecule has 0 unspecified atom stereocenters. The normalized spacial score (nSPS) is 19.6. The molecule has 2 N–H and O–H groups in total. The first kappa shape index (κ1) is 13.4. The molecule has 5 heteroatoms. The van der Waals surface area contributed by atoms with Gasteiger partial charge in [-0.15, -0.1) is 0 Å². The lowest BCUT2D eigenvalue weighted by atomic mass is 9.96. The Hall–Kier alpha value is -1.07. The van der Waals surface area contributed by atoms with E-state index in [1.165, 1.54) is 11.1 Å². The number of hydrogen-bond acceptors (Lipinski definition) is 2. The molecule has 18 heavy (non-hydrogen) atoms. The maximum atomic E-state index is 12.0. The highest BCUT2D eigenvalue weighted by Crippen LogP contribution is 2.18. The number of fused-ring (bicyclic) bond motifs is 1. The molecule has 1 atom stereocenters. The quantitative estimate of drug-likeness (QED) is 0.809. The number of benzene rings is 1. The number of rotatable bonds is 4. The van der Waals surface area contributed by atoms with Gasteiger partial charge in [-0.1, -0.05) is 24.3 Å². The van der Waals surface area contributed by atoms with Gasteiger partial charge in [-0.25, -0.2) is 0 Å². The van der Waals surface area contributed by atoms with Crippen molar-refractivity contribution in [3.8, 4) is 0 Å². The van der Waals surface area contributed by atoms with E-state index in [2.05, 4.69) is 22.8 Å². The van der Waals surface area contributed by atoms with Crippen LogP contribution in [0.2, 0.25) is 0 Å². The van der Waals surface area contributed by atoms with Crippen LogP contribution in [0.1, 0.15) is 17.5 Å². The van der Waals surface area contributed by atoms with E-state index in [1.54, 1.807) is 0 Å². The molecule has 0 aromatic heterocycles. The third-order valence-corrected chi connectivity index (χ3v) is 3.14. The van der Waals surface area contributed by atoms with E-state index in [9.17, 15) is 13.2 Å². The van der Waals surface area contributed by atoms with Crippen LogP contribution in [0, 0.1) is 0 Å². The molecular weight excluding hydrogens is 241 g/mol. The Labute approximate surface area is 105 Å². The van der Waals surface area contributed by atoms with Gasteiger partial charge in [-0.05, 0) is 17.5 Å². The second kappa shape index (κ2) is 5.71. The summed E-state index contributed by atoms with van der Waals surface area (Å²) in [6, 6.07) is 8.38. The molecule has 2 rings (SSSR count). The molecule has 1 aliphatic heterocycles. The molecule has 1 aromatic carbocycles. The maximum absolute atomic E-state index is 12.0. The van der Waals surface area contributed by atoms with E-state index in [1.807, 2.05) is 12.1 Å². The van der Waals surface area contributed by atoms with Gasteiger partial charge in [0.15, 0.2) is 0 Å². The van der Waals surface area contributed by atoms with E-state index in [4.69, 9.17) is 0 Å². The van der Waals surface area contributed by atoms with Crippen molar-refractivity contribution >= 4 is 0 Å². The lowest BCUT2D eigenvalue weighted by Gasteiger charge is -2.26. The molecule has 0 fully saturated rings. The summed E-state index contributed by atoms with van der Waals surface area (Å²) >= 11 is 0. The van der Waals surface area contributed by atoms with Crippen molar-refractivity contribution in [3.63, 3.8) is 0 Å². The van der Waals surface area contributed by atoms with Crippen molar-refractivity contribution in [3.05, 3.63) is 35.4 Å². The number of halogens is 3. The Kier molecular flexibility index (Phi) is 4.24. The van der Waals surface area contributed by atoms with Crippen molar-refractivity contribution in [1.82, 2.24) is 10.6 Å². The highest BCUT2D eigenvalue weighted by atomic mass is 19.4. The Morgan fingerprint density at radius 3 is 2.67 bits per heavy atom. The molecular formula is C13H17F3N2. The van der Waals surface area contributed by atoms with Crippen molar-refractivity contribution in [2.45, 2.75) is 31.6 Å². The van der Waals surface area contributed by atoms with E-state index in [0.717, 1.165) is 13.0 Å². The molecule has 0 saturated heterocycles. The molecule has 0 bridgehead atoms. The maximum Gasteiger partial charge on any atom is 0.390 e. The number of hydrogen-bond donors (Lipinski definition) is 2. The van der Waals surface area contributed by atoms with Crippen molar-refractivity contribution in [2.75, 3.05) is 13.1 Å². The summed E-state index contributed by atoms with van der Waals surface area (Å²) in [4.78, 5) is 0. The van der Waals surface area contributed by atoms with Gasteiger partial charge >= 0.3 is 6.18 Å². The second-order valence-corrected chi connectivity index (χ2v) is 4.62. The van der Waals surface area contributed by atoms with Crippen molar-refractivity contribution < 1.29 is 13.2 Å². The first-order chi connectivity index (χ1) is 8.54. The van der Waals surface area contributed by atoms with E-state index < -0.39 is 12.6 Å². The van der Waals surface area contributed by atoms with Crippen LogP contribution in [0.5, 0.6) is 0 Å². The average Bonchev–Trinajstić information content (AvgIpc) is 2.33. The zero-order chi connectivity index (χ0) is 13.0. The predicted octanol–water partition coefficient (Wildman–Crippen LogP) is 2.24. The SMILES string of the molecule is FC(F)(F)CCNC[C@H]1Cc2ccccc2CN1. The molecule has 2 nitrogen and oxygen atoms in total. The van der Waals surface area contributed by atoms with Crippen LogP contribution in [0.25, 0.3) is 0 Å². The number of alkyl halides is 3. The van der Waals surface area contributed by atoms with Gasteiger partial charge in [0.25, 0.3) is 0 Å². The molecule has 0 radical (unpaired) electrons. The van der Waals surface area contributed by atoms with E-state index >= 15 is 0 Å². The molecule has 0 saturated carbocycles. The van der Waals surface area contributed by atoms with Gasteiger partial charge in [0.2, 0.25) is 0 Å². The van der Waals surface area contributed by atoms with Crippen LogP contribution in [0.15, 0.2) is 24.3 Å². The Morgan fingerprint density at radius 2 is 1.94 bits per heavy atom. The number of nitrogens with one attached hydrogen (secondary N) is 2. The molecule has 1 aliphatic rings. The zero-order valence-electron chi connectivity index (χ0n) is 10.1. The first-order valence-electron chi connectivity index (χ1n) is 6.12. The minimum atomic E-state index is -4.07. The van der Waals surface area contributed by atoms with Crippen LogP contribution in [0.3, 0.4) is 0 Å². The van der Waals surface area contributed by atoms with E-state index in [0.29, 0.717) is 6.54 Å². The summed E-state index contributed by atoms with van der Waals surface area (Å²) < 4.78 is 35.9. The summed E-state index contributed by atoms with van der Waals surface area (Å²) in [7, 11) is 0. The Balaban J connectivity index is 1.73. The lowest BCUT2D eigenvalue weighted by molar-refractivity contribution is -0.133. The van der Waals surface area contributed by atoms with Gasteiger partial charge in [0.1, 0.15) is 0 Å². The van der Waals surface area contributed by atoms with Gasteiger partial charge in [-0.2, -0.15) is 13.2 Å². The fourth-order valence-corrected chi connectivity index (χ4v) is 2.17. The summed E-state index contributed by atoms with van der Waals surface area (Å²) in [5.41, 5.74) is 2.57. The smallest absolute Gasteiger partial charge is 0.315 e. The van der Waals surface area contributed by atoms with Crippen LogP contribution >= 0.6 is 0 Å². The largest absolute Gasteiger partial charge is 0.390 e. The second-order valence-electron chi connectivity index (χ2n) is 4.62. The topological polar surface area (TPSA) is 24.1 Å². The third kappa shape index (κ3) is 3.99. The third-order valence-electron chi connectivity index (χ3n) is 3.14. The first-order valence-corrected chi connectivity index (χ1v) is 6.12. The highest BCUT2D eigenvalue weighted by molar-refractivity contribution is 5.29. The lowest BCUT2D eigenvalue weighted by Crippen LogP contribution is -2.43. The zero-order valence-corrected chi connectivity index (χ0v) is 10.1. The molecule has 0 spiro atoms. The van der Waals surface area contributed by atoms with Gasteiger partial charge in [0, 0.05) is 25.7 Å². The summed E-state index contributed by atoms with van der Waals surface area (Å²) in [6.45, 7) is 1.36. The monoisotopic (exact) mass is 258 g/mol. The molecule has 100 valence electrons. The fraction of sp³-hybridized carbons (Fsp3) is 0.538. The average molecular weight is 258 g/mol. The van der Waals surface area contributed by atoms with Crippen molar-refractivity contribution in [1.29, 1.82) is 0 Å².